The summed E-state index contributed by atoms with van der Waals surface area (Å²) < 4.78 is 11.7. The van der Waals surface area contributed by atoms with Crippen molar-refractivity contribution in [1.29, 1.82) is 0 Å². The summed E-state index contributed by atoms with van der Waals surface area (Å²) in [6.07, 6.45) is 6.60. The second-order valence-electron chi connectivity index (χ2n) is 8.15. The third-order valence-corrected chi connectivity index (χ3v) is 6.27. The van der Waals surface area contributed by atoms with Gasteiger partial charge in [0.1, 0.15) is 6.61 Å². The zero-order chi connectivity index (χ0) is 21.4. The van der Waals surface area contributed by atoms with Crippen molar-refractivity contribution in [2.45, 2.75) is 20.0 Å². The van der Waals surface area contributed by atoms with E-state index in [1.165, 1.54) is 6.21 Å². The van der Waals surface area contributed by atoms with Crippen LogP contribution >= 0.6 is 0 Å². The Morgan fingerprint density at radius 3 is 2.35 bits per heavy atom. The lowest BCUT2D eigenvalue weighted by Crippen LogP contribution is -2.28. The Balaban J connectivity index is 1.31. The quantitative estimate of drug-likeness (QED) is 0.391. The second kappa shape index (κ2) is 8.02. The maximum Gasteiger partial charge on any atom is 0.254 e. The lowest BCUT2D eigenvalue weighted by Gasteiger charge is -2.13. The van der Waals surface area contributed by atoms with E-state index in [9.17, 15) is 9.59 Å². The summed E-state index contributed by atoms with van der Waals surface area (Å²) in [5.41, 5.74) is 1.80. The Hall–Kier alpha value is -3.41. The molecule has 2 aromatic carbocycles. The van der Waals surface area contributed by atoms with Gasteiger partial charge in [0.25, 0.3) is 11.8 Å². The first kappa shape index (κ1) is 19.5. The van der Waals surface area contributed by atoms with E-state index >= 15 is 0 Å². The number of hydrazone groups is 1. The molecule has 1 saturated heterocycles. The molecule has 2 amide bonds. The van der Waals surface area contributed by atoms with Crippen LogP contribution in [0.5, 0.6) is 11.5 Å². The summed E-state index contributed by atoms with van der Waals surface area (Å²) in [4.78, 5) is 25.5. The molecule has 4 atom stereocenters. The number of benzene rings is 2. The number of allylic oxidation sites excluding steroid dienone is 2. The molecule has 5 rings (SSSR count). The second-order valence-corrected chi connectivity index (χ2v) is 8.15. The van der Waals surface area contributed by atoms with Crippen LogP contribution in [0.3, 0.4) is 0 Å². The van der Waals surface area contributed by atoms with Gasteiger partial charge >= 0.3 is 0 Å². The summed E-state index contributed by atoms with van der Waals surface area (Å²) in [7, 11) is 0. The summed E-state index contributed by atoms with van der Waals surface area (Å²) in [5.74, 6) is 0.732. The summed E-state index contributed by atoms with van der Waals surface area (Å²) in [6, 6.07) is 15.4. The number of hydrogen-bond donors (Lipinski definition) is 0. The van der Waals surface area contributed by atoms with Crippen LogP contribution in [-0.4, -0.2) is 29.6 Å². The first-order valence-corrected chi connectivity index (χ1v) is 10.7. The zero-order valence-electron chi connectivity index (χ0n) is 17.3. The Morgan fingerprint density at radius 1 is 0.968 bits per heavy atom. The van der Waals surface area contributed by atoms with Crippen molar-refractivity contribution in [3.8, 4) is 11.5 Å². The molecule has 1 aliphatic heterocycles. The molecule has 0 radical (unpaired) electrons. The van der Waals surface area contributed by atoms with Crippen molar-refractivity contribution in [1.82, 2.24) is 5.01 Å². The maximum atomic E-state index is 12.8. The predicted octanol–water partition coefficient (Wildman–Crippen LogP) is 3.81. The van der Waals surface area contributed by atoms with E-state index < -0.39 is 0 Å². The molecular weight excluding hydrogens is 392 g/mol. The maximum absolute atomic E-state index is 12.8. The van der Waals surface area contributed by atoms with Gasteiger partial charge < -0.3 is 9.47 Å². The van der Waals surface area contributed by atoms with E-state index in [4.69, 9.17) is 9.47 Å². The number of imide groups is 1. The molecule has 31 heavy (non-hydrogen) atoms. The minimum atomic E-state index is -0.243. The molecule has 4 unspecified atom stereocenters. The van der Waals surface area contributed by atoms with Gasteiger partial charge in [-0.15, -0.1) is 0 Å². The van der Waals surface area contributed by atoms with E-state index in [0.717, 1.165) is 22.6 Å². The SMILES string of the molecule is CCOc1cc(C=NN2C(=O)C3C4C=CC(C4)C3C2=O)ccc1OCc1ccccc1. The average Bonchev–Trinajstić information content (AvgIpc) is 3.47. The van der Waals surface area contributed by atoms with Crippen LogP contribution in [-0.2, 0) is 16.2 Å². The Labute approximate surface area is 181 Å². The van der Waals surface area contributed by atoms with Crippen LogP contribution in [0.1, 0.15) is 24.5 Å². The average molecular weight is 416 g/mol. The lowest BCUT2D eigenvalue weighted by atomic mass is 9.85. The number of amides is 2. The van der Waals surface area contributed by atoms with Gasteiger partial charge in [-0.25, -0.2) is 0 Å². The number of ether oxygens (including phenoxy) is 2. The Bertz CT molecular complexity index is 1030. The number of hydrogen-bond acceptors (Lipinski definition) is 5. The minimum Gasteiger partial charge on any atom is -0.490 e. The van der Waals surface area contributed by atoms with Gasteiger partial charge in [-0.3, -0.25) is 9.59 Å². The third kappa shape index (κ3) is 3.52. The fourth-order valence-electron chi connectivity index (χ4n) is 4.85. The van der Waals surface area contributed by atoms with Gasteiger partial charge in [0.15, 0.2) is 11.5 Å². The molecule has 0 spiro atoms. The molecule has 1 saturated carbocycles. The molecule has 3 aliphatic rings. The number of nitrogens with zero attached hydrogens (tertiary/aromatic N) is 2. The van der Waals surface area contributed by atoms with Crippen molar-refractivity contribution in [2.24, 2.45) is 28.8 Å². The van der Waals surface area contributed by atoms with Crippen LogP contribution in [0.2, 0.25) is 0 Å². The summed E-state index contributed by atoms with van der Waals surface area (Å²) in [6.45, 7) is 2.83. The highest BCUT2D eigenvalue weighted by Crippen LogP contribution is 2.52. The van der Waals surface area contributed by atoms with E-state index in [1.807, 2.05) is 55.5 Å². The molecule has 2 fully saturated rings. The highest BCUT2D eigenvalue weighted by molar-refractivity contribution is 6.06. The van der Waals surface area contributed by atoms with Crippen LogP contribution in [0, 0.1) is 23.7 Å². The standard InChI is InChI=1S/C25H24N2O4/c1-2-30-21-12-17(8-11-20(21)31-15-16-6-4-3-5-7-16)14-26-27-24(28)22-18-9-10-19(13-18)23(22)25(27)29/h3-12,14,18-19,22-23H,2,13,15H2,1H3. The molecule has 158 valence electrons. The number of carbonyl (C=O) groups excluding carboxylic acids is 2. The van der Waals surface area contributed by atoms with Gasteiger partial charge in [-0.05, 0) is 54.5 Å². The van der Waals surface area contributed by atoms with E-state index in [0.29, 0.717) is 24.7 Å². The van der Waals surface area contributed by atoms with Gasteiger partial charge in [0.2, 0.25) is 0 Å². The number of fused-ring (bicyclic) bond motifs is 5. The lowest BCUT2D eigenvalue weighted by molar-refractivity contribution is -0.140. The van der Waals surface area contributed by atoms with Crippen molar-refractivity contribution in [2.75, 3.05) is 6.61 Å². The smallest absolute Gasteiger partial charge is 0.254 e. The van der Waals surface area contributed by atoms with Crippen molar-refractivity contribution >= 4 is 18.0 Å². The van der Waals surface area contributed by atoms with Gasteiger partial charge in [-0.2, -0.15) is 10.1 Å². The normalized spacial score (nSPS) is 26.2. The van der Waals surface area contributed by atoms with E-state index in [-0.39, 0.29) is 35.5 Å². The largest absolute Gasteiger partial charge is 0.490 e. The molecule has 2 aromatic rings. The predicted molar refractivity (Wildman–Crippen MR) is 116 cm³/mol. The van der Waals surface area contributed by atoms with Gasteiger partial charge in [0.05, 0.1) is 24.7 Å². The minimum absolute atomic E-state index is 0.178. The zero-order valence-corrected chi connectivity index (χ0v) is 17.3. The molecule has 0 N–H and O–H groups in total. The summed E-state index contributed by atoms with van der Waals surface area (Å²) >= 11 is 0. The first-order chi connectivity index (χ1) is 15.2. The van der Waals surface area contributed by atoms with Crippen molar-refractivity contribution in [3.05, 3.63) is 71.8 Å². The fourth-order valence-corrected chi connectivity index (χ4v) is 4.85. The molecule has 1 heterocycles. The topological polar surface area (TPSA) is 68.2 Å². The molecule has 6 heteroatoms. The van der Waals surface area contributed by atoms with Crippen LogP contribution in [0.15, 0.2) is 65.8 Å². The molecule has 2 bridgehead atoms. The molecule has 6 nitrogen and oxygen atoms in total. The highest BCUT2D eigenvalue weighted by Gasteiger charge is 2.59. The fraction of sp³-hybridized carbons (Fsp3) is 0.320. The number of carbonyl (C=O) groups is 2. The molecule has 2 aliphatic carbocycles. The molecular formula is C25H24N2O4. The van der Waals surface area contributed by atoms with E-state index in [1.54, 1.807) is 0 Å². The van der Waals surface area contributed by atoms with Gasteiger partial charge in [-0.1, -0.05) is 42.5 Å². The first-order valence-electron chi connectivity index (χ1n) is 10.7. The summed E-state index contributed by atoms with van der Waals surface area (Å²) in [5, 5.41) is 5.30. The Kier molecular flexibility index (Phi) is 5.06. The van der Waals surface area contributed by atoms with Crippen LogP contribution < -0.4 is 9.47 Å². The monoisotopic (exact) mass is 416 g/mol. The Morgan fingerprint density at radius 2 is 1.68 bits per heavy atom. The highest BCUT2D eigenvalue weighted by atomic mass is 16.5. The number of rotatable bonds is 7. The van der Waals surface area contributed by atoms with E-state index in [2.05, 4.69) is 17.3 Å². The van der Waals surface area contributed by atoms with Crippen molar-refractivity contribution < 1.29 is 19.1 Å². The van der Waals surface area contributed by atoms with Crippen molar-refractivity contribution in [3.63, 3.8) is 0 Å². The van der Waals surface area contributed by atoms with Crippen LogP contribution in [0.25, 0.3) is 0 Å². The van der Waals surface area contributed by atoms with Gasteiger partial charge in [0, 0.05) is 0 Å². The van der Waals surface area contributed by atoms with Crippen LogP contribution in [0.4, 0.5) is 0 Å². The molecule has 0 aromatic heterocycles. The third-order valence-electron chi connectivity index (χ3n) is 6.27.